The van der Waals surface area contributed by atoms with Gasteiger partial charge in [0.2, 0.25) is 41.4 Å². The Morgan fingerprint density at radius 1 is 0.710 bits per heavy atom. The SMILES string of the molecule is CCCC[C@H](NC(=O)[C@@H]1CCCN1C(=O)[C@H]1CCCN1C(=O)[C@H](Cc1ccccc1)NC(=O)[C@@H](Cc1c[nH]c2ccccc12)NC(=O)[C@H](C)NC(=O)[C@H](N)CCC(=O)OCc1ccccc1)C(N)=O. The van der Waals surface area contributed by atoms with E-state index in [0.29, 0.717) is 50.6 Å². The fourth-order valence-corrected chi connectivity index (χ4v) is 8.89. The van der Waals surface area contributed by atoms with E-state index in [-0.39, 0.29) is 38.8 Å². The van der Waals surface area contributed by atoms with Crippen LogP contribution < -0.4 is 32.7 Å². The van der Waals surface area contributed by atoms with Gasteiger partial charge in [0.25, 0.3) is 0 Å². The quantitative estimate of drug-likeness (QED) is 0.0534. The van der Waals surface area contributed by atoms with Gasteiger partial charge in [-0.15, -0.1) is 0 Å². The number of amides is 7. The van der Waals surface area contributed by atoms with Crippen molar-refractivity contribution < 1.29 is 43.1 Å². The maximum atomic E-state index is 14.8. The monoisotopic (exact) mass is 947 g/mol. The second-order valence-corrected chi connectivity index (χ2v) is 17.9. The Hall–Kier alpha value is -7.08. The zero-order valence-electron chi connectivity index (χ0n) is 39.3. The highest BCUT2D eigenvalue weighted by Crippen LogP contribution is 2.27. The first kappa shape index (κ1) is 51.3. The molecule has 2 aliphatic heterocycles. The third-order valence-electron chi connectivity index (χ3n) is 12.8. The molecule has 0 saturated carbocycles. The van der Waals surface area contributed by atoms with Crippen molar-refractivity contribution in [2.45, 2.75) is 133 Å². The number of aromatic nitrogens is 1. The van der Waals surface area contributed by atoms with E-state index in [9.17, 15) is 38.4 Å². The number of ether oxygens (including phenoxy) is 1. The Morgan fingerprint density at radius 2 is 1.35 bits per heavy atom. The van der Waals surface area contributed by atoms with Crippen molar-refractivity contribution in [1.29, 1.82) is 0 Å². The number of unbranched alkanes of at least 4 members (excludes halogenated alkanes) is 1. The first-order valence-electron chi connectivity index (χ1n) is 23.9. The average Bonchev–Trinajstić information content (AvgIpc) is 4.15. The van der Waals surface area contributed by atoms with Crippen molar-refractivity contribution in [3.63, 3.8) is 0 Å². The molecule has 18 heteroatoms. The molecule has 0 bridgehead atoms. The molecule has 3 aromatic carbocycles. The molecular formula is C51H65N9O9. The van der Waals surface area contributed by atoms with E-state index in [2.05, 4.69) is 26.3 Å². The molecule has 2 saturated heterocycles. The van der Waals surface area contributed by atoms with Gasteiger partial charge in [-0.2, -0.15) is 0 Å². The summed E-state index contributed by atoms with van der Waals surface area (Å²) in [7, 11) is 0. The molecule has 1 aromatic heterocycles. The number of aromatic amines is 1. The topological polar surface area (TPSA) is 268 Å². The number of H-pyrrole nitrogens is 1. The normalized spacial score (nSPS) is 17.8. The molecule has 368 valence electrons. The van der Waals surface area contributed by atoms with Crippen LogP contribution >= 0.6 is 0 Å². The van der Waals surface area contributed by atoms with Crippen LogP contribution in [0.25, 0.3) is 10.9 Å². The fourth-order valence-electron chi connectivity index (χ4n) is 8.89. The summed E-state index contributed by atoms with van der Waals surface area (Å²) in [5, 5.41) is 11.9. The summed E-state index contributed by atoms with van der Waals surface area (Å²) in [6.45, 7) is 4.00. The lowest BCUT2D eigenvalue weighted by Gasteiger charge is -2.33. The largest absolute Gasteiger partial charge is 0.461 e. The van der Waals surface area contributed by atoms with Crippen molar-refractivity contribution in [3.05, 3.63) is 108 Å². The molecule has 9 N–H and O–H groups in total. The van der Waals surface area contributed by atoms with Crippen LogP contribution in [0.5, 0.6) is 0 Å². The number of hydrogen-bond acceptors (Lipinski definition) is 10. The second-order valence-electron chi connectivity index (χ2n) is 17.9. The van der Waals surface area contributed by atoms with Crippen molar-refractivity contribution in [2.24, 2.45) is 11.5 Å². The van der Waals surface area contributed by atoms with Crippen LogP contribution in [0.1, 0.15) is 88.3 Å². The summed E-state index contributed by atoms with van der Waals surface area (Å²) in [6, 6.07) is 18.3. The molecule has 7 atom stereocenters. The molecule has 2 fully saturated rings. The minimum absolute atomic E-state index is 0.00258. The number of nitrogens with two attached hydrogens (primary N) is 2. The number of hydrogen-bond donors (Lipinski definition) is 7. The van der Waals surface area contributed by atoms with E-state index in [1.165, 1.54) is 16.7 Å². The number of nitrogens with one attached hydrogen (secondary N) is 5. The van der Waals surface area contributed by atoms with Crippen molar-refractivity contribution in [3.8, 4) is 0 Å². The molecule has 4 aromatic rings. The van der Waals surface area contributed by atoms with Gasteiger partial charge < -0.3 is 52.3 Å². The Bertz CT molecular complexity index is 2430. The number of fused-ring (bicyclic) bond motifs is 1. The summed E-state index contributed by atoms with van der Waals surface area (Å²) in [5.74, 6) is -4.62. The maximum absolute atomic E-state index is 14.8. The zero-order chi connectivity index (χ0) is 49.5. The minimum atomic E-state index is -1.25. The number of likely N-dealkylation sites (tertiary alicyclic amines) is 2. The lowest BCUT2D eigenvalue weighted by molar-refractivity contribution is -0.148. The van der Waals surface area contributed by atoms with Crippen LogP contribution in [0, 0.1) is 0 Å². The number of carbonyl (C=O) groups excluding carboxylic acids is 8. The van der Waals surface area contributed by atoms with Crippen molar-refractivity contribution in [1.82, 2.24) is 36.1 Å². The third-order valence-corrected chi connectivity index (χ3v) is 12.8. The summed E-state index contributed by atoms with van der Waals surface area (Å²) < 4.78 is 5.30. The van der Waals surface area contributed by atoms with Crippen molar-refractivity contribution in [2.75, 3.05) is 13.1 Å². The van der Waals surface area contributed by atoms with Crippen LogP contribution in [0.4, 0.5) is 0 Å². The van der Waals surface area contributed by atoms with Gasteiger partial charge in [-0.1, -0.05) is 98.6 Å². The van der Waals surface area contributed by atoms with Gasteiger partial charge in [0.1, 0.15) is 42.9 Å². The van der Waals surface area contributed by atoms with E-state index in [0.717, 1.165) is 28.5 Å². The molecule has 0 spiro atoms. The molecule has 18 nitrogen and oxygen atoms in total. The molecule has 0 unspecified atom stereocenters. The van der Waals surface area contributed by atoms with E-state index < -0.39 is 89.6 Å². The molecule has 7 amide bonds. The molecular weight excluding hydrogens is 883 g/mol. The van der Waals surface area contributed by atoms with Gasteiger partial charge in [-0.3, -0.25) is 38.4 Å². The van der Waals surface area contributed by atoms with Crippen LogP contribution in [0.3, 0.4) is 0 Å². The lowest BCUT2D eigenvalue weighted by Crippen LogP contribution is -2.60. The maximum Gasteiger partial charge on any atom is 0.306 e. The summed E-state index contributed by atoms with van der Waals surface area (Å²) >= 11 is 0. The molecule has 0 radical (unpaired) electrons. The summed E-state index contributed by atoms with van der Waals surface area (Å²) in [4.78, 5) is 115. The minimum Gasteiger partial charge on any atom is -0.461 e. The standard InChI is InChI=1S/C51H65N9O9/c1-3-4-20-39(45(53)62)56-49(66)42-22-13-26-59(42)51(68)43-23-14-27-60(43)50(67)41(28-33-15-7-5-8-16-33)58-48(65)40(29-35-30-54-38-21-12-11-19-36(35)38)57-46(63)32(2)55-47(64)37(52)24-25-44(61)69-31-34-17-9-6-10-18-34/h5-12,15-19,21,30,32,37,39-43,54H,3-4,13-14,20,22-29,31,52H2,1-2H3,(H2,53,62)(H,55,64)(H,56,66)(H,57,63)(H,58,65)/t32-,37+,39-,40+,41-,42-,43+/m0/s1. The molecule has 2 aliphatic rings. The molecule has 3 heterocycles. The van der Waals surface area contributed by atoms with Gasteiger partial charge in [0.05, 0.1) is 6.04 Å². The number of para-hydroxylation sites is 1. The Balaban J connectivity index is 1.16. The van der Waals surface area contributed by atoms with E-state index in [4.69, 9.17) is 16.2 Å². The number of rotatable bonds is 23. The van der Waals surface area contributed by atoms with Gasteiger partial charge in [-0.25, -0.2) is 0 Å². The van der Waals surface area contributed by atoms with E-state index in [1.807, 2.05) is 91.9 Å². The average molecular weight is 948 g/mol. The highest BCUT2D eigenvalue weighted by atomic mass is 16.5. The van der Waals surface area contributed by atoms with Gasteiger partial charge in [-0.05, 0) is 68.2 Å². The van der Waals surface area contributed by atoms with E-state index >= 15 is 0 Å². The summed E-state index contributed by atoms with van der Waals surface area (Å²) in [6.07, 6.45) is 5.28. The number of primary amides is 1. The molecule has 0 aliphatic carbocycles. The van der Waals surface area contributed by atoms with Crippen LogP contribution in [-0.4, -0.2) is 117 Å². The lowest BCUT2D eigenvalue weighted by atomic mass is 10.0. The van der Waals surface area contributed by atoms with E-state index in [1.54, 1.807) is 6.20 Å². The van der Waals surface area contributed by atoms with Crippen molar-refractivity contribution >= 4 is 58.2 Å². The van der Waals surface area contributed by atoms with Gasteiger partial charge >= 0.3 is 5.97 Å². The first-order chi connectivity index (χ1) is 33.2. The van der Waals surface area contributed by atoms with Crippen LogP contribution in [0.15, 0.2) is 91.1 Å². The Kier molecular flexibility index (Phi) is 18.4. The zero-order valence-corrected chi connectivity index (χ0v) is 39.3. The number of esters is 1. The van der Waals surface area contributed by atoms with Gasteiger partial charge in [0.15, 0.2) is 0 Å². The highest BCUT2D eigenvalue weighted by molar-refractivity contribution is 5.98. The first-order valence-corrected chi connectivity index (χ1v) is 23.9. The third kappa shape index (κ3) is 14.0. The second kappa shape index (κ2) is 24.8. The number of nitrogens with zero attached hydrogens (tertiary/aromatic N) is 2. The number of carbonyl (C=O) groups is 8. The molecule has 6 rings (SSSR count). The smallest absolute Gasteiger partial charge is 0.306 e. The van der Waals surface area contributed by atoms with Crippen LogP contribution in [0.2, 0.25) is 0 Å². The predicted molar refractivity (Wildman–Crippen MR) is 257 cm³/mol. The Morgan fingerprint density at radius 3 is 2.04 bits per heavy atom. The fraction of sp³-hybridized carbons (Fsp3) is 0.451. The highest BCUT2D eigenvalue weighted by Gasteiger charge is 2.44. The Labute approximate surface area is 402 Å². The molecule has 69 heavy (non-hydrogen) atoms. The number of benzene rings is 3. The van der Waals surface area contributed by atoms with Crippen LogP contribution in [-0.2, 0) is 62.5 Å². The van der Waals surface area contributed by atoms with Gasteiger partial charge in [0, 0.05) is 49.5 Å². The predicted octanol–water partition coefficient (Wildman–Crippen LogP) is 2.42. The summed E-state index contributed by atoms with van der Waals surface area (Å²) in [5.41, 5.74) is 14.8.